The molecule has 0 saturated carbocycles. The number of hydrogen-bond donors (Lipinski definition) is 3. The van der Waals surface area contributed by atoms with Gasteiger partial charge < -0.3 is 16.0 Å². The van der Waals surface area contributed by atoms with E-state index in [1.807, 2.05) is 25.5 Å². The summed E-state index contributed by atoms with van der Waals surface area (Å²) < 4.78 is 15.5. The van der Waals surface area contributed by atoms with Crippen LogP contribution in [0.4, 0.5) is 15.8 Å². The standard InChI is InChI=1S/C18H25FN6O.2ClH/c1-11(2)21-15-5-4-13(19)10-16(15)22-18(26)17-12(3)25(24-23-17)14-6-8-20-9-7-14;;/h4-5,10-11,14,20-21H,6-9H2,1-3H3,(H,22,26);2*1H. The van der Waals surface area contributed by atoms with Crippen molar-refractivity contribution < 1.29 is 9.18 Å². The average molecular weight is 433 g/mol. The molecule has 3 rings (SSSR count). The fourth-order valence-corrected chi connectivity index (χ4v) is 3.19. The molecule has 1 aromatic heterocycles. The van der Waals surface area contributed by atoms with Gasteiger partial charge in [-0.1, -0.05) is 5.21 Å². The fourth-order valence-electron chi connectivity index (χ4n) is 3.19. The second-order valence-corrected chi connectivity index (χ2v) is 6.89. The summed E-state index contributed by atoms with van der Waals surface area (Å²) in [6.45, 7) is 7.65. The van der Waals surface area contributed by atoms with Gasteiger partial charge in [0.15, 0.2) is 5.69 Å². The summed E-state index contributed by atoms with van der Waals surface area (Å²) in [5.41, 5.74) is 2.05. The minimum atomic E-state index is -0.412. The van der Waals surface area contributed by atoms with Gasteiger partial charge in [-0.25, -0.2) is 9.07 Å². The molecule has 0 bridgehead atoms. The van der Waals surface area contributed by atoms with Gasteiger partial charge in [-0.3, -0.25) is 4.79 Å². The Morgan fingerprint density at radius 1 is 1.25 bits per heavy atom. The zero-order valence-corrected chi connectivity index (χ0v) is 17.8. The van der Waals surface area contributed by atoms with Crippen LogP contribution in [0.1, 0.15) is 48.9 Å². The molecule has 2 aromatic rings. The molecule has 0 radical (unpaired) electrons. The largest absolute Gasteiger partial charge is 0.381 e. The molecule has 156 valence electrons. The number of amides is 1. The Labute approximate surface area is 176 Å². The van der Waals surface area contributed by atoms with Crippen molar-refractivity contribution in [2.24, 2.45) is 0 Å². The molecule has 7 nitrogen and oxygen atoms in total. The summed E-state index contributed by atoms with van der Waals surface area (Å²) in [7, 11) is 0. The molecule has 1 aromatic carbocycles. The number of carbonyl (C=O) groups is 1. The van der Waals surface area contributed by atoms with Crippen LogP contribution in [-0.2, 0) is 0 Å². The lowest BCUT2D eigenvalue weighted by Crippen LogP contribution is -2.30. The summed E-state index contributed by atoms with van der Waals surface area (Å²) in [4.78, 5) is 12.7. The smallest absolute Gasteiger partial charge is 0.278 e. The van der Waals surface area contributed by atoms with E-state index in [1.165, 1.54) is 12.1 Å². The maximum absolute atomic E-state index is 13.6. The highest BCUT2D eigenvalue weighted by Crippen LogP contribution is 2.25. The third kappa shape index (κ3) is 5.56. The van der Waals surface area contributed by atoms with E-state index in [0.717, 1.165) is 31.6 Å². The van der Waals surface area contributed by atoms with Gasteiger partial charge in [-0.2, -0.15) is 0 Å². The molecule has 0 spiro atoms. The number of nitrogens with one attached hydrogen (secondary N) is 3. The first-order valence-electron chi connectivity index (χ1n) is 8.95. The Balaban J connectivity index is 0.00000196. The number of benzene rings is 1. The average Bonchev–Trinajstić information content (AvgIpc) is 2.99. The van der Waals surface area contributed by atoms with E-state index in [4.69, 9.17) is 0 Å². The van der Waals surface area contributed by atoms with E-state index in [9.17, 15) is 9.18 Å². The van der Waals surface area contributed by atoms with Crippen molar-refractivity contribution in [1.82, 2.24) is 20.3 Å². The number of halogens is 3. The Bertz CT molecular complexity index is 792. The molecular weight excluding hydrogens is 406 g/mol. The first kappa shape index (κ1) is 24.1. The fraction of sp³-hybridized carbons (Fsp3) is 0.500. The SMILES string of the molecule is Cc1c(C(=O)Nc2cc(F)ccc2NC(C)C)nnn1C1CCNCC1.Cl.Cl. The van der Waals surface area contributed by atoms with Crippen molar-refractivity contribution in [2.45, 2.75) is 45.7 Å². The highest BCUT2D eigenvalue weighted by molar-refractivity contribution is 6.05. The van der Waals surface area contributed by atoms with Crippen molar-refractivity contribution in [3.05, 3.63) is 35.4 Å². The molecule has 1 amide bonds. The van der Waals surface area contributed by atoms with Crippen LogP contribution >= 0.6 is 24.8 Å². The molecule has 1 saturated heterocycles. The summed E-state index contributed by atoms with van der Waals surface area (Å²) >= 11 is 0. The molecule has 1 aliphatic rings. The Hall–Kier alpha value is -1.90. The van der Waals surface area contributed by atoms with Gasteiger partial charge >= 0.3 is 0 Å². The summed E-state index contributed by atoms with van der Waals surface area (Å²) in [6.07, 6.45) is 1.91. The van der Waals surface area contributed by atoms with Crippen LogP contribution in [0.15, 0.2) is 18.2 Å². The summed E-state index contributed by atoms with van der Waals surface area (Å²) in [6, 6.07) is 4.67. The molecule has 10 heteroatoms. The minimum Gasteiger partial charge on any atom is -0.381 e. The quantitative estimate of drug-likeness (QED) is 0.672. The van der Waals surface area contributed by atoms with Crippen LogP contribution in [0.25, 0.3) is 0 Å². The van der Waals surface area contributed by atoms with Gasteiger partial charge in [0.2, 0.25) is 0 Å². The van der Waals surface area contributed by atoms with Gasteiger partial charge in [-0.05, 0) is 64.9 Å². The molecular formula is C18H27Cl2FN6O. The molecule has 0 atom stereocenters. The van der Waals surface area contributed by atoms with Crippen molar-refractivity contribution in [3.63, 3.8) is 0 Å². The number of nitrogens with zero attached hydrogens (tertiary/aromatic N) is 3. The molecule has 3 N–H and O–H groups in total. The van der Waals surface area contributed by atoms with Gasteiger partial charge in [0.05, 0.1) is 23.1 Å². The third-order valence-corrected chi connectivity index (χ3v) is 4.47. The van der Waals surface area contributed by atoms with E-state index in [0.29, 0.717) is 11.4 Å². The second-order valence-electron chi connectivity index (χ2n) is 6.89. The van der Waals surface area contributed by atoms with E-state index < -0.39 is 5.82 Å². The van der Waals surface area contributed by atoms with Crippen LogP contribution in [0, 0.1) is 12.7 Å². The summed E-state index contributed by atoms with van der Waals surface area (Å²) in [5.74, 6) is -0.801. The molecule has 1 fully saturated rings. The van der Waals surface area contributed by atoms with Crippen molar-refractivity contribution >= 4 is 42.1 Å². The zero-order valence-electron chi connectivity index (χ0n) is 16.2. The van der Waals surface area contributed by atoms with Crippen LogP contribution in [-0.4, -0.2) is 40.0 Å². The Morgan fingerprint density at radius 3 is 2.57 bits per heavy atom. The lowest BCUT2D eigenvalue weighted by molar-refractivity contribution is 0.102. The first-order valence-corrected chi connectivity index (χ1v) is 8.95. The maximum Gasteiger partial charge on any atom is 0.278 e. The van der Waals surface area contributed by atoms with E-state index in [-0.39, 0.29) is 48.5 Å². The van der Waals surface area contributed by atoms with Gasteiger partial charge in [0, 0.05) is 6.04 Å². The monoisotopic (exact) mass is 432 g/mol. The number of hydrogen-bond acceptors (Lipinski definition) is 5. The number of anilines is 2. The maximum atomic E-state index is 13.6. The Kier molecular flexibility index (Phi) is 9.13. The summed E-state index contributed by atoms with van der Waals surface area (Å²) in [5, 5.41) is 17.5. The normalized spacial score (nSPS) is 14.2. The molecule has 2 heterocycles. The lowest BCUT2D eigenvalue weighted by atomic mass is 10.1. The number of piperidine rings is 1. The Morgan fingerprint density at radius 2 is 1.93 bits per heavy atom. The molecule has 0 unspecified atom stereocenters. The van der Waals surface area contributed by atoms with E-state index >= 15 is 0 Å². The van der Waals surface area contributed by atoms with Crippen LogP contribution in [0.2, 0.25) is 0 Å². The van der Waals surface area contributed by atoms with Gasteiger partial charge in [0.25, 0.3) is 5.91 Å². The predicted octanol–water partition coefficient (Wildman–Crippen LogP) is 3.57. The van der Waals surface area contributed by atoms with Gasteiger partial charge in [0.1, 0.15) is 5.82 Å². The van der Waals surface area contributed by atoms with Crippen LogP contribution < -0.4 is 16.0 Å². The number of carbonyl (C=O) groups excluding carboxylic acids is 1. The first-order chi connectivity index (χ1) is 12.5. The molecule has 0 aliphatic carbocycles. The van der Waals surface area contributed by atoms with Crippen LogP contribution in [0.5, 0.6) is 0 Å². The minimum absolute atomic E-state index is 0. The predicted molar refractivity (Wildman–Crippen MR) is 114 cm³/mol. The van der Waals surface area contributed by atoms with Crippen LogP contribution in [0.3, 0.4) is 0 Å². The molecule has 1 aliphatic heterocycles. The highest BCUT2D eigenvalue weighted by Gasteiger charge is 2.23. The highest BCUT2D eigenvalue weighted by atomic mass is 35.5. The number of rotatable bonds is 5. The van der Waals surface area contributed by atoms with E-state index in [1.54, 1.807) is 6.07 Å². The zero-order chi connectivity index (χ0) is 18.7. The van der Waals surface area contributed by atoms with E-state index in [2.05, 4.69) is 26.3 Å². The van der Waals surface area contributed by atoms with Crippen molar-refractivity contribution in [3.8, 4) is 0 Å². The van der Waals surface area contributed by atoms with Crippen molar-refractivity contribution in [2.75, 3.05) is 23.7 Å². The van der Waals surface area contributed by atoms with Crippen molar-refractivity contribution in [1.29, 1.82) is 0 Å². The number of aromatic nitrogens is 3. The van der Waals surface area contributed by atoms with Gasteiger partial charge in [-0.15, -0.1) is 29.9 Å². The third-order valence-electron chi connectivity index (χ3n) is 4.47. The topological polar surface area (TPSA) is 83.9 Å². The molecule has 28 heavy (non-hydrogen) atoms. The second kappa shape index (κ2) is 10.6. The lowest BCUT2D eigenvalue weighted by Gasteiger charge is -2.23.